The molecule has 1 aromatic heterocycles. The summed E-state index contributed by atoms with van der Waals surface area (Å²) in [4.78, 5) is 13.6. The molecule has 9 heteroatoms. The summed E-state index contributed by atoms with van der Waals surface area (Å²) < 4.78 is 27.2. The lowest BCUT2D eigenvalue weighted by molar-refractivity contribution is 0.383. The monoisotopic (exact) mass is 435 g/mol. The molecule has 4 rings (SSSR count). The minimum atomic E-state index is -3.38. The molecule has 156 valence electrons. The first-order valence-electron chi connectivity index (χ1n) is 10.1. The molecule has 2 saturated heterocycles. The van der Waals surface area contributed by atoms with Crippen molar-refractivity contribution < 1.29 is 8.42 Å². The van der Waals surface area contributed by atoms with Crippen LogP contribution < -0.4 is 9.80 Å². The standard InChI is InChI=1S/C20H26ClN5O2S/c21-18-6-4-5-17(15-18)16-29(27,28)26-13-11-24(12-14-26)19-7-8-22-20(23-19)25-9-2-1-3-10-25/h4-8,15H,1-3,9-14,16H2. The number of halogens is 1. The summed E-state index contributed by atoms with van der Waals surface area (Å²) in [5.74, 6) is 1.62. The predicted octanol–water partition coefficient (Wildman–Crippen LogP) is 2.77. The van der Waals surface area contributed by atoms with Crippen molar-refractivity contribution in [3.05, 3.63) is 47.1 Å². The highest BCUT2D eigenvalue weighted by molar-refractivity contribution is 7.88. The van der Waals surface area contributed by atoms with Crippen LogP contribution in [0.25, 0.3) is 0 Å². The Labute approximate surface area is 177 Å². The molecule has 1 aromatic carbocycles. The minimum absolute atomic E-state index is 0.0276. The molecule has 2 aliphatic heterocycles. The van der Waals surface area contributed by atoms with Crippen LogP contribution in [0.2, 0.25) is 5.02 Å². The van der Waals surface area contributed by atoms with E-state index >= 15 is 0 Å². The number of benzene rings is 1. The predicted molar refractivity (Wildman–Crippen MR) is 116 cm³/mol. The third-order valence-electron chi connectivity index (χ3n) is 5.46. The van der Waals surface area contributed by atoms with Crippen LogP contribution in [-0.2, 0) is 15.8 Å². The number of anilines is 2. The van der Waals surface area contributed by atoms with Gasteiger partial charge in [0.2, 0.25) is 16.0 Å². The molecule has 0 spiro atoms. The molecule has 29 heavy (non-hydrogen) atoms. The zero-order valence-electron chi connectivity index (χ0n) is 16.4. The Morgan fingerprint density at radius 3 is 2.41 bits per heavy atom. The number of hydrogen-bond acceptors (Lipinski definition) is 6. The lowest BCUT2D eigenvalue weighted by Gasteiger charge is -2.35. The fraction of sp³-hybridized carbons (Fsp3) is 0.500. The average Bonchev–Trinajstić information content (AvgIpc) is 2.74. The average molecular weight is 436 g/mol. The summed E-state index contributed by atoms with van der Waals surface area (Å²) in [5, 5.41) is 0.552. The fourth-order valence-electron chi connectivity index (χ4n) is 3.89. The van der Waals surface area contributed by atoms with E-state index in [1.54, 1.807) is 34.8 Å². The maximum absolute atomic E-state index is 12.8. The fourth-order valence-corrected chi connectivity index (χ4v) is 5.60. The lowest BCUT2D eigenvalue weighted by Crippen LogP contribution is -2.49. The molecule has 0 radical (unpaired) electrons. The van der Waals surface area contributed by atoms with Gasteiger partial charge in [-0.3, -0.25) is 0 Å². The highest BCUT2D eigenvalue weighted by Crippen LogP contribution is 2.22. The van der Waals surface area contributed by atoms with Crippen molar-refractivity contribution >= 4 is 33.4 Å². The summed E-state index contributed by atoms with van der Waals surface area (Å²) in [7, 11) is -3.38. The van der Waals surface area contributed by atoms with Gasteiger partial charge in [-0.25, -0.2) is 13.4 Å². The van der Waals surface area contributed by atoms with E-state index in [9.17, 15) is 8.42 Å². The highest BCUT2D eigenvalue weighted by Gasteiger charge is 2.28. The van der Waals surface area contributed by atoms with Gasteiger partial charge < -0.3 is 9.80 Å². The first kappa shape index (κ1) is 20.4. The number of rotatable bonds is 5. The second-order valence-corrected chi connectivity index (χ2v) is 9.94. The molecule has 0 bridgehead atoms. The van der Waals surface area contributed by atoms with Crippen LogP contribution in [0, 0.1) is 0 Å². The normalized spacial score (nSPS) is 18.8. The van der Waals surface area contributed by atoms with Gasteiger partial charge >= 0.3 is 0 Å². The quantitative estimate of drug-likeness (QED) is 0.719. The number of hydrogen-bond donors (Lipinski definition) is 0. The first-order valence-corrected chi connectivity index (χ1v) is 12.1. The zero-order valence-corrected chi connectivity index (χ0v) is 17.9. The minimum Gasteiger partial charge on any atom is -0.354 e. The number of nitrogens with zero attached hydrogens (tertiary/aromatic N) is 5. The Morgan fingerprint density at radius 1 is 0.931 bits per heavy atom. The molecule has 0 N–H and O–H groups in total. The Hall–Kier alpha value is -1.90. The molecule has 0 aliphatic carbocycles. The SMILES string of the molecule is O=S(=O)(Cc1cccc(Cl)c1)N1CCN(c2ccnc(N3CCCCC3)n2)CC1. The number of aromatic nitrogens is 2. The lowest BCUT2D eigenvalue weighted by atomic mass is 10.1. The third kappa shape index (κ3) is 4.99. The third-order valence-corrected chi connectivity index (χ3v) is 7.55. The Bertz CT molecular complexity index is 941. The van der Waals surface area contributed by atoms with Crippen molar-refractivity contribution in [3.63, 3.8) is 0 Å². The van der Waals surface area contributed by atoms with E-state index in [-0.39, 0.29) is 5.75 Å². The van der Waals surface area contributed by atoms with Crippen LogP contribution in [0.1, 0.15) is 24.8 Å². The Morgan fingerprint density at radius 2 is 1.69 bits per heavy atom. The zero-order chi connectivity index (χ0) is 20.3. The van der Waals surface area contributed by atoms with E-state index < -0.39 is 10.0 Å². The summed E-state index contributed by atoms with van der Waals surface area (Å²) >= 11 is 5.98. The van der Waals surface area contributed by atoms with E-state index in [2.05, 4.69) is 14.8 Å². The van der Waals surface area contributed by atoms with E-state index in [4.69, 9.17) is 16.6 Å². The summed E-state index contributed by atoms with van der Waals surface area (Å²) in [6.07, 6.45) is 5.42. The second kappa shape index (κ2) is 8.85. The topological polar surface area (TPSA) is 69.6 Å². The molecule has 0 amide bonds. The van der Waals surface area contributed by atoms with Crippen LogP contribution >= 0.6 is 11.6 Å². The molecule has 0 atom stereocenters. The van der Waals surface area contributed by atoms with Crippen LogP contribution in [0.15, 0.2) is 36.5 Å². The van der Waals surface area contributed by atoms with Crippen molar-refractivity contribution in [2.75, 3.05) is 49.1 Å². The van der Waals surface area contributed by atoms with Crippen LogP contribution in [0.4, 0.5) is 11.8 Å². The van der Waals surface area contributed by atoms with Gasteiger partial charge in [0.15, 0.2) is 0 Å². The molecule has 0 unspecified atom stereocenters. The molecule has 0 saturated carbocycles. The van der Waals surface area contributed by atoms with Gasteiger partial charge in [-0.1, -0.05) is 23.7 Å². The van der Waals surface area contributed by atoms with Gasteiger partial charge in [-0.05, 0) is 43.0 Å². The van der Waals surface area contributed by atoms with Crippen molar-refractivity contribution in [3.8, 4) is 0 Å². The van der Waals surface area contributed by atoms with Gasteiger partial charge in [0, 0.05) is 50.5 Å². The molecule has 2 aliphatic rings. The highest BCUT2D eigenvalue weighted by atomic mass is 35.5. The van der Waals surface area contributed by atoms with Crippen LogP contribution in [-0.4, -0.2) is 62.0 Å². The Kier molecular flexibility index (Phi) is 6.22. The van der Waals surface area contributed by atoms with Crippen molar-refractivity contribution in [2.45, 2.75) is 25.0 Å². The van der Waals surface area contributed by atoms with Gasteiger partial charge in [0.1, 0.15) is 5.82 Å². The summed E-state index contributed by atoms with van der Waals surface area (Å²) in [5.41, 5.74) is 0.710. The number of piperidine rings is 1. The maximum atomic E-state index is 12.8. The molecular formula is C20H26ClN5O2S. The van der Waals surface area contributed by atoms with E-state index in [1.165, 1.54) is 19.3 Å². The van der Waals surface area contributed by atoms with Crippen molar-refractivity contribution in [1.29, 1.82) is 0 Å². The maximum Gasteiger partial charge on any atom is 0.227 e. The molecule has 2 fully saturated rings. The van der Waals surface area contributed by atoms with Gasteiger partial charge in [0.05, 0.1) is 5.75 Å². The smallest absolute Gasteiger partial charge is 0.227 e. The first-order chi connectivity index (χ1) is 14.0. The number of piperazine rings is 1. The molecule has 2 aromatic rings. The van der Waals surface area contributed by atoms with Crippen LogP contribution in [0.3, 0.4) is 0 Å². The molecular weight excluding hydrogens is 410 g/mol. The van der Waals surface area contributed by atoms with E-state index in [0.29, 0.717) is 36.8 Å². The van der Waals surface area contributed by atoms with E-state index in [0.717, 1.165) is 24.9 Å². The van der Waals surface area contributed by atoms with Crippen molar-refractivity contribution in [1.82, 2.24) is 14.3 Å². The molecule has 7 nitrogen and oxygen atoms in total. The van der Waals surface area contributed by atoms with Gasteiger partial charge in [-0.15, -0.1) is 0 Å². The Balaban J connectivity index is 1.39. The number of sulfonamides is 1. The largest absolute Gasteiger partial charge is 0.354 e. The summed E-state index contributed by atoms with van der Waals surface area (Å²) in [6, 6.07) is 8.93. The van der Waals surface area contributed by atoms with Crippen LogP contribution in [0.5, 0.6) is 0 Å². The van der Waals surface area contributed by atoms with Gasteiger partial charge in [-0.2, -0.15) is 9.29 Å². The van der Waals surface area contributed by atoms with E-state index in [1.807, 2.05) is 6.07 Å². The second-order valence-electron chi connectivity index (χ2n) is 7.53. The van der Waals surface area contributed by atoms with Crippen molar-refractivity contribution in [2.24, 2.45) is 0 Å². The molecule has 3 heterocycles. The van der Waals surface area contributed by atoms with Gasteiger partial charge in [0.25, 0.3) is 0 Å². The summed E-state index contributed by atoms with van der Waals surface area (Å²) in [6.45, 7) is 4.13.